The SMILES string of the molecule is COc1ccc2cc(C(=O)OCc3ccc(Cl)cc3)ccc2c1. The van der Waals surface area contributed by atoms with Crippen molar-refractivity contribution in [3.8, 4) is 5.75 Å². The summed E-state index contributed by atoms with van der Waals surface area (Å²) in [5.41, 5.74) is 1.42. The Balaban J connectivity index is 1.74. The molecule has 23 heavy (non-hydrogen) atoms. The van der Waals surface area contributed by atoms with Gasteiger partial charge in [-0.05, 0) is 52.7 Å². The van der Waals surface area contributed by atoms with Crippen molar-refractivity contribution in [1.29, 1.82) is 0 Å². The average molecular weight is 327 g/mol. The van der Waals surface area contributed by atoms with Crippen LogP contribution in [-0.2, 0) is 11.3 Å². The normalized spacial score (nSPS) is 10.5. The molecule has 0 radical (unpaired) electrons. The summed E-state index contributed by atoms with van der Waals surface area (Å²) < 4.78 is 10.5. The maximum absolute atomic E-state index is 12.2. The molecule has 0 unspecified atom stereocenters. The second-order valence-corrected chi connectivity index (χ2v) is 5.57. The van der Waals surface area contributed by atoms with E-state index in [1.165, 1.54) is 0 Å². The number of carbonyl (C=O) groups is 1. The Labute approximate surface area is 139 Å². The third-order valence-electron chi connectivity index (χ3n) is 3.57. The minimum absolute atomic E-state index is 0.219. The lowest BCUT2D eigenvalue weighted by Gasteiger charge is -2.07. The summed E-state index contributed by atoms with van der Waals surface area (Å²) in [5, 5.41) is 2.63. The fourth-order valence-corrected chi connectivity index (χ4v) is 2.42. The summed E-state index contributed by atoms with van der Waals surface area (Å²) in [6.07, 6.45) is 0. The van der Waals surface area contributed by atoms with Gasteiger partial charge >= 0.3 is 5.97 Å². The minimum Gasteiger partial charge on any atom is -0.497 e. The van der Waals surface area contributed by atoms with Gasteiger partial charge in [-0.1, -0.05) is 35.9 Å². The highest BCUT2D eigenvalue weighted by atomic mass is 35.5. The van der Waals surface area contributed by atoms with Crippen LogP contribution in [-0.4, -0.2) is 13.1 Å². The summed E-state index contributed by atoms with van der Waals surface area (Å²) in [6, 6.07) is 18.4. The van der Waals surface area contributed by atoms with Gasteiger partial charge in [0.2, 0.25) is 0 Å². The molecule has 0 spiro atoms. The Morgan fingerprint density at radius 1 is 0.957 bits per heavy atom. The van der Waals surface area contributed by atoms with Gasteiger partial charge in [0.1, 0.15) is 12.4 Å². The molecule has 116 valence electrons. The Kier molecular flexibility index (Phi) is 4.49. The van der Waals surface area contributed by atoms with Crippen molar-refractivity contribution in [2.24, 2.45) is 0 Å². The van der Waals surface area contributed by atoms with E-state index >= 15 is 0 Å². The lowest BCUT2D eigenvalue weighted by atomic mass is 10.1. The molecule has 0 aliphatic carbocycles. The Morgan fingerprint density at radius 2 is 1.65 bits per heavy atom. The smallest absolute Gasteiger partial charge is 0.338 e. The van der Waals surface area contributed by atoms with Crippen molar-refractivity contribution in [3.05, 3.63) is 76.8 Å². The zero-order valence-electron chi connectivity index (χ0n) is 12.6. The molecule has 4 heteroatoms. The first kappa shape index (κ1) is 15.4. The van der Waals surface area contributed by atoms with Gasteiger partial charge in [0.15, 0.2) is 0 Å². The molecular weight excluding hydrogens is 312 g/mol. The molecule has 0 N–H and O–H groups in total. The molecule has 0 amide bonds. The van der Waals surface area contributed by atoms with Crippen LogP contribution < -0.4 is 4.74 Å². The molecule has 3 nitrogen and oxygen atoms in total. The maximum atomic E-state index is 12.2. The van der Waals surface area contributed by atoms with E-state index in [0.717, 1.165) is 22.1 Å². The molecule has 0 aromatic heterocycles. The van der Waals surface area contributed by atoms with Crippen LogP contribution >= 0.6 is 11.6 Å². The number of methoxy groups -OCH3 is 1. The van der Waals surface area contributed by atoms with Gasteiger partial charge in [0.05, 0.1) is 12.7 Å². The van der Waals surface area contributed by atoms with E-state index in [2.05, 4.69) is 0 Å². The first-order valence-electron chi connectivity index (χ1n) is 7.15. The molecule has 0 saturated carbocycles. The zero-order valence-corrected chi connectivity index (χ0v) is 13.3. The van der Waals surface area contributed by atoms with Crippen LogP contribution in [0.1, 0.15) is 15.9 Å². The highest BCUT2D eigenvalue weighted by Crippen LogP contribution is 2.22. The molecule has 3 rings (SSSR count). The highest BCUT2D eigenvalue weighted by Gasteiger charge is 2.09. The van der Waals surface area contributed by atoms with Crippen LogP contribution in [0.15, 0.2) is 60.7 Å². The van der Waals surface area contributed by atoms with Crippen LogP contribution in [0.2, 0.25) is 5.02 Å². The molecule has 0 aliphatic heterocycles. The fourth-order valence-electron chi connectivity index (χ4n) is 2.29. The van der Waals surface area contributed by atoms with Crippen molar-refractivity contribution < 1.29 is 14.3 Å². The third-order valence-corrected chi connectivity index (χ3v) is 3.82. The van der Waals surface area contributed by atoms with E-state index in [9.17, 15) is 4.79 Å². The zero-order chi connectivity index (χ0) is 16.2. The molecule has 0 bridgehead atoms. The van der Waals surface area contributed by atoms with E-state index in [1.807, 2.05) is 42.5 Å². The summed E-state index contributed by atoms with van der Waals surface area (Å²) in [4.78, 5) is 12.2. The molecule has 0 saturated heterocycles. The van der Waals surface area contributed by atoms with E-state index in [-0.39, 0.29) is 12.6 Å². The number of rotatable bonds is 4. The second kappa shape index (κ2) is 6.71. The number of benzene rings is 3. The van der Waals surface area contributed by atoms with Crippen molar-refractivity contribution >= 4 is 28.3 Å². The van der Waals surface area contributed by atoms with Crippen molar-refractivity contribution in [2.75, 3.05) is 7.11 Å². The van der Waals surface area contributed by atoms with Crippen molar-refractivity contribution in [1.82, 2.24) is 0 Å². The Morgan fingerprint density at radius 3 is 2.39 bits per heavy atom. The topological polar surface area (TPSA) is 35.5 Å². The minimum atomic E-state index is -0.349. The molecule has 3 aromatic rings. The number of carbonyl (C=O) groups excluding carboxylic acids is 1. The number of hydrogen-bond acceptors (Lipinski definition) is 3. The summed E-state index contributed by atoms with van der Waals surface area (Å²) >= 11 is 5.83. The largest absolute Gasteiger partial charge is 0.497 e. The van der Waals surface area contributed by atoms with Crippen LogP contribution in [0.3, 0.4) is 0 Å². The molecule has 0 fully saturated rings. The van der Waals surface area contributed by atoms with Gasteiger partial charge in [0.25, 0.3) is 0 Å². The summed E-state index contributed by atoms with van der Waals surface area (Å²) in [5.74, 6) is 0.438. The Hall–Kier alpha value is -2.52. The number of halogens is 1. The first-order valence-corrected chi connectivity index (χ1v) is 7.53. The van der Waals surface area contributed by atoms with Crippen LogP contribution in [0.5, 0.6) is 5.75 Å². The third kappa shape index (κ3) is 3.63. The maximum Gasteiger partial charge on any atom is 0.338 e. The highest BCUT2D eigenvalue weighted by molar-refractivity contribution is 6.30. The molecule has 0 atom stereocenters. The molecule has 0 aliphatic rings. The van der Waals surface area contributed by atoms with Crippen molar-refractivity contribution in [3.63, 3.8) is 0 Å². The standard InChI is InChI=1S/C19H15ClO3/c1-22-18-9-6-14-10-16(5-4-15(14)11-18)19(21)23-12-13-2-7-17(20)8-3-13/h2-11H,12H2,1H3. The van der Waals surface area contributed by atoms with Gasteiger partial charge in [-0.2, -0.15) is 0 Å². The number of hydrogen-bond donors (Lipinski definition) is 0. The summed E-state index contributed by atoms with van der Waals surface area (Å²) in [7, 11) is 1.63. The Bertz CT molecular complexity index is 841. The predicted octanol–water partition coefficient (Wildman–Crippen LogP) is 4.86. The van der Waals surface area contributed by atoms with Crippen LogP contribution in [0.25, 0.3) is 10.8 Å². The van der Waals surface area contributed by atoms with Gasteiger partial charge in [-0.25, -0.2) is 4.79 Å². The second-order valence-electron chi connectivity index (χ2n) is 5.13. The number of fused-ring (bicyclic) bond motifs is 1. The fraction of sp³-hybridized carbons (Fsp3) is 0.105. The lowest BCUT2D eigenvalue weighted by molar-refractivity contribution is 0.0473. The van der Waals surface area contributed by atoms with Crippen LogP contribution in [0, 0.1) is 0 Å². The molecular formula is C19H15ClO3. The average Bonchev–Trinajstić information content (AvgIpc) is 2.60. The van der Waals surface area contributed by atoms with Crippen molar-refractivity contribution in [2.45, 2.75) is 6.61 Å². The van der Waals surface area contributed by atoms with E-state index in [0.29, 0.717) is 10.6 Å². The van der Waals surface area contributed by atoms with E-state index in [1.54, 1.807) is 25.3 Å². The van der Waals surface area contributed by atoms with Gasteiger partial charge < -0.3 is 9.47 Å². The number of esters is 1. The summed E-state index contributed by atoms with van der Waals surface area (Å²) in [6.45, 7) is 0.219. The van der Waals surface area contributed by atoms with E-state index in [4.69, 9.17) is 21.1 Å². The molecule has 3 aromatic carbocycles. The van der Waals surface area contributed by atoms with Gasteiger partial charge in [-0.3, -0.25) is 0 Å². The van der Waals surface area contributed by atoms with E-state index < -0.39 is 0 Å². The molecule has 0 heterocycles. The van der Waals surface area contributed by atoms with Gasteiger partial charge in [-0.15, -0.1) is 0 Å². The number of ether oxygens (including phenoxy) is 2. The van der Waals surface area contributed by atoms with Crippen LogP contribution in [0.4, 0.5) is 0 Å². The van der Waals surface area contributed by atoms with Gasteiger partial charge in [0, 0.05) is 5.02 Å². The lowest BCUT2D eigenvalue weighted by Crippen LogP contribution is -2.05. The quantitative estimate of drug-likeness (QED) is 0.642. The first-order chi connectivity index (χ1) is 11.2. The predicted molar refractivity (Wildman–Crippen MR) is 91.1 cm³/mol. The monoisotopic (exact) mass is 326 g/mol.